The van der Waals surface area contributed by atoms with Crippen LogP contribution in [-0.2, 0) is 11.2 Å². The minimum Gasteiger partial charge on any atom is -0.491 e. The second-order valence-corrected chi connectivity index (χ2v) is 6.26. The largest absolute Gasteiger partial charge is 0.491 e. The second-order valence-electron chi connectivity index (χ2n) is 6.26. The number of ether oxygens (including phenoxy) is 1. The van der Waals surface area contributed by atoms with Crippen LogP contribution in [0.25, 0.3) is 0 Å². The molecule has 114 valence electrons. The standard InChI is InChI=1S/C17H23NO3/c1-2-12-3-9-15(10-4-12)21-11-17(16(19)20,13-5-6-13)18-14-7-8-14/h3-4,9-10,13-14,18H,2,5-8,11H2,1H3,(H,19,20). The number of aliphatic carboxylic acids is 1. The molecule has 1 aromatic carbocycles. The number of hydrogen-bond donors (Lipinski definition) is 2. The van der Waals surface area contributed by atoms with Gasteiger partial charge in [0.25, 0.3) is 0 Å². The van der Waals surface area contributed by atoms with Gasteiger partial charge < -0.3 is 9.84 Å². The molecule has 2 N–H and O–H groups in total. The molecule has 4 nitrogen and oxygen atoms in total. The van der Waals surface area contributed by atoms with Gasteiger partial charge in [-0.3, -0.25) is 10.1 Å². The van der Waals surface area contributed by atoms with Crippen molar-refractivity contribution in [3.05, 3.63) is 29.8 Å². The molecule has 0 amide bonds. The van der Waals surface area contributed by atoms with Crippen LogP contribution in [0.5, 0.6) is 5.75 Å². The van der Waals surface area contributed by atoms with Gasteiger partial charge in [0.2, 0.25) is 0 Å². The highest BCUT2D eigenvalue weighted by Crippen LogP contribution is 2.42. The summed E-state index contributed by atoms with van der Waals surface area (Å²) in [4.78, 5) is 11.8. The van der Waals surface area contributed by atoms with Gasteiger partial charge in [-0.25, -0.2) is 0 Å². The van der Waals surface area contributed by atoms with E-state index in [-0.39, 0.29) is 12.5 Å². The number of carbonyl (C=O) groups is 1. The van der Waals surface area contributed by atoms with Gasteiger partial charge in [-0.05, 0) is 55.7 Å². The van der Waals surface area contributed by atoms with Crippen LogP contribution >= 0.6 is 0 Å². The topological polar surface area (TPSA) is 58.6 Å². The van der Waals surface area contributed by atoms with Crippen LogP contribution in [0.3, 0.4) is 0 Å². The van der Waals surface area contributed by atoms with Gasteiger partial charge in [0.1, 0.15) is 12.4 Å². The van der Waals surface area contributed by atoms with Gasteiger partial charge in [0, 0.05) is 6.04 Å². The lowest BCUT2D eigenvalue weighted by molar-refractivity contribution is -0.147. The van der Waals surface area contributed by atoms with Crippen molar-refractivity contribution in [2.45, 2.75) is 50.6 Å². The summed E-state index contributed by atoms with van der Waals surface area (Å²) in [6.45, 7) is 2.31. The number of aryl methyl sites for hydroxylation is 1. The highest BCUT2D eigenvalue weighted by atomic mass is 16.5. The fraction of sp³-hybridized carbons (Fsp3) is 0.588. The first-order valence-electron chi connectivity index (χ1n) is 7.87. The maximum absolute atomic E-state index is 11.8. The first-order chi connectivity index (χ1) is 10.1. The van der Waals surface area contributed by atoms with Crippen LogP contribution in [0.2, 0.25) is 0 Å². The molecular weight excluding hydrogens is 266 g/mol. The van der Waals surface area contributed by atoms with E-state index in [9.17, 15) is 9.90 Å². The molecule has 0 aromatic heterocycles. The Balaban J connectivity index is 1.69. The van der Waals surface area contributed by atoms with E-state index in [2.05, 4.69) is 12.2 Å². The summed E-state index contributed by atoms with van der Waals surface area (Å²) in [5.74, 6) is 0.170. The number of benzene rings is 1. The molecule has 0 spiro atoms. The fourth-order valence-corrected chi connectivity index (χ4v) is 2.76. The Kier molecular flexibility index (Phi) is 3.89. The molecule has 0 radical (unpaired) electrons. The zero-order chi connectivity index (χ0) is 14.9. The number of nitrogens with one attached hydrogen (secondary N) is 1. The predicted molar refractivity (Wildman–Crippen MR) is 80.6 cm³/mol. The zero-order valence-corrected chi connectivity index (χ0v) is 12.5. The second kappa shape index (κ2) is 5.68. The van der Waals surface area contributed by atoms with Crippen molar-refractivity contribution in [3.8, 4) is 5.75 Å². The quantitative estimate of drug-likeness (QED) is 0.772. The molecule has 2 saturated carbocycles. The van der Waals surface area contributed by atoms with Gasteiger partial charge in [-0.15, -0.1) is 0 Å². The van der Waals surface area contributed by atoms with Crippen LogP contribution in [0.15, 0.2) is 24.3 Å². The van der Waals surface area contributed by atoms with Crippen LogP contribution in [0, 0.1) is 5.92 Å². The Labute approximate surface area is 125 Å². The molecule has 0 saturated heterocycles. The first kappa shape index (κ1) is 14.4. The smallest absolute Gasteiger partial charge is 0.327 e. The highest BCUT2D eigenvalue weighted by Gasteiger charge is 2.54. The molecule has 2 aliphatic rings. The van der Waals surface area contributed by atoms with Crippen molar-refractivity contribution in [3.63, 3.8) is 0 Å². The van der Waals surface area contributed by atoms with E-state index in [1.54, 1.807) is 0 Å². The van der Waals surface area contributed by atoms with E-state index in [4.69, 9.17) is 4.74 Å². The maximum Gasteiger partial charge on any atom is 0.327 e. The average Bonchev–Trinajstić information content (AvgIpc) is 3.37. The van der Waals surface area contributed by atoms with Crippen molar-refractivity contribution in [1.82, 2.24) is 5.32 Å². The minimum atomic E-state index is -0.912. The lowest BCUT2D eigenvalue weighted by Gasteiger charge is -2.31. The SMILES string of the molecule is CCc1ccc(OCC(NC2CC2)(C(=O)O)C2CC2)cc1. The van der Waals surface area contributed by atoms with Gasteiger partial charge >= 0.3 is 5.97 Å². The molecule has 1 aromatic rings. The molecule has 0 aliphatic heterocycles. The predicted octanol–water partition coefficient (Wildman–Crippen LogP) is 2.61. The third-order valence-electron chi connectivity index (χ3n) is 4.49. The van der Waals surface area contributed by atoms with Crippen LogP contribution in [0.4, 0.5) is 0 Å². The van der Waals surface area contributed by atoms with Crippen molar-refractivity contribution in [2.75, 3.05) is 6.61 Å². The molecule has 2 aliphatic carbocycles. The molecule has 4 heteroatoms. The third kappa shape index (κ3) is 3.21. The molecule has 3 rings (SSSR count). The normalized spacial score (nSPS) is 20.8. The Hall–Kier alpha value is -1.55. The molecular formula is C17H23NO3. The number of hydrogen-bond acceptors (Lipinski definition) is 3. The average molecular weight is 289 g/mol. The summed E-state index contributed by atoms with van der Waals surface area (Å²) in [6.07, 6.45) is 5.10. The van der Waals surface area contributed by atoms with Crippen LogP contribution in [-0.4, -0.2) is 29.3 Å². The van der Waals surface area contributed by atoms with Crippen molar-refractivity contribution >= 4 is 5.97 Å². The summed E-state index contributed by atoms with van der Waals surface area (Å²) < 4.78 is 5.82. The summed E-state index contributed by atoms with van der Waals surface area (Å²) in [6, 6.07) is 8.27. The lowest BCUT2D eigenvalue weighted by Crippen LogP contribution is -2.59. The molecule has 0 bridgehead atoms. The summed E-state index contributed by atoms with van der Waals surface area (Å²) in [7, 11) is 0. The Morgan fingerprint density at radius 1 is 1.29 bits per heavy atom. The lowest BCUT2D eigenvalue weighted by atomic mass is 9.94. The Bertz CT molecular complexity index is 505. The number of carboxylic acid groups (broad SMARTS) is 1. The fourth-order valence-electron chi connectivity index (χ4n) is 2.76. The van der Waals surface area contributed by atoms with E-state index in [1.807, 2.05) is 24.3 Å². The monoisotopic (exact) mass is 289 g/mol. The number of rotatable bonds is 8. The van der Waals surface area contributed by atoms with Crippen molar-refractivity contribution in [2.24, 2.45) is 5.92 Å². The molecule has 0 heterocycles. The minimum absolute atomic E-state index is 0.200. The van der Waals surface area contributed by atoms with E-state index in [1.165, 1.54) is 5.56 Å². The van der Waals surface area contributed by atoms with Gasteiger partial charge in [-0.2, -0.15) is 0 Å². The van der Waals surface area contributed by atoms with Crippen LogP contribution in [0.1, 0.15) is 38.2 Å². The molecule has 1 atom stereocenters. The molecule has 2 fully saturated rings. The van der Waals surface area contributed by atoms with E-state index in [0.717, 1.165) is 37.9 Å². The zero-order valence-electron chi connectivity index (χ0n) is 12.5. The maximum atomic E-state index is 11.8. The summed E-state index contributed by atoms with van der Waals surface area (Å²) >= 11 is 0. The van der Waals surface area contributed by atoms with Gasteiger partial charge in [0.15, 0.2) is 5.54 Å². The summed E-state index contributed by atoms with van der Waals surface area (Å²) in [5, 5.41) is 13.1. The van der Waals surface area contributed by atoms with E-state index in [0.29, 0.717) is 6.04 Å². The molecule has 1 unspecified atom stereocenters. The Morgan fingerprint density at radius 2 is 1.95 bits per heavy atom. The van der Waals surface area contributed by atoms with Gasteiger partial charge in [-0.1, -0.05) is 19.1 Å². The van der Waals surface area contributed by atoms with Gasteiger partial charge in [0.05, 0.1) is 0 Å². The first-order valence-corrected chi connectivity index (χ1v) is 7.87. The summed E-state index contributed by atoms with van der Waals surface area (Å²) in [5.41, 5.74) is 0.343. The van der Waals surface area contributed by atoms with Crippen molar-refractivity contribution < 1.29 is 14.6 Å². The van der Waals surface area contributed by atoms with E-state index < -0.39 is 11.5 Å². The molecule has 21 heavy (non-hydrogen) atoms. The third-order valence-corrected chi connectivity index (χ3v) is 4.49. The van der Waals surface area contributed by atoms with Crippen molar-refractivity contribution in [1.29, 1.82) is 0 Å². The van der Waals surface area contributed by atoms with E-state index >= 15 is 0 Å². The number of carboxylic acids is 1. The Morgan fingerprint density at radius 3 is 2.43 bits per heavy atom. The van der Waals surface area contributed by atoms with Crippen LogP contribution < -0.4 is 10.1 Å². The highest BCUT2D eigenvalue weighted by molar-refractivity contribution is 5.80.